The fraction of sp³-hybridized carbons (Fsp3) is 0.600. The van der Waals surface area contributed by atoms with Crippen LogP contribution in [0.2, 0.25) is 0 Å². The topological polar surface area (TPSA) is 52.7 Å². The summed E-state index contributed by atoms with van der Waals surface area (Å²) in [6.45, 7) is 4.93. The lowest BCUT2D eigenvalue weighted by Gasteiger charge is -2.36. The molecule has 5 nitrogen and oxygen atoms in total. The fourth-order valence-electron chi connectivity index (χ4n) is 4.03. The van der Waals surface area contributed by atoms with Gasteiger partial charge in [-0.2, -0.15) is 0 Å². The average molecular weight is 361 g/mol. The van der Waals surface area contributed by atoms with E-state index in [2.05, 4.69) is 10.2 Å². The van der Waals surface area contributed by atoms with E-state index in [0.717, 1.165) is 38.8 Å². The monoisotopic (exact) mass is 361 g/mol. The molecule has 2 saturated heterocycles. The second kappa shape index (κ2) is 8.62. The number of carbonyl (C=O) groups excluding carboxylic acids is 2. The number of hydrogen-bond acceptors (Lipinski definition) is 3. The molecule has 2 atom stereocenters. The Balaban J connectivity index is 1.58. The van der Waals surface area contributed by atoms with Crippen molar-refractivity contribution in [3.05, 3.63) is 30.1 Å². The average Bonchev–Trinajstić information content (AvgIpc) is 3.02. The van der Waals surface area contributed by atoms with Gasteiger partial charge in [-0.15, -0.1) is 0 Å². The molecule has 2 fully saturated rings. The summed E-state index contributed by atoms with van der Waals surface area (Å²) in [7, 11) is 0. The van der Waals surface area contributed by atoms with E-state index in [9.17, 15) is 14.0 Å². The standard InChI is InChI=1S/C20H28FN3O2/c1-2-6-19(25)22-13-15-7-5-11-23(14-15)18-10-12-24(20(18)26)17-9-4-3-8-16(17)21/h3-4,8-9,15,18H,2,5-7,10-14H2,1H3,(H,22,25). The van der Waals surface area contributed by atoms with Gasteiger partial charge in [0.1, 0.15) is 5.82 Å². The third-order valence-corrected chi connectivity index (χ3v) is 5.38. The molecule has 2 unspecified atom stereocenters. The van der Waals surface area contributed by atoms with E-state index in [1.807, 2.05) is 6.92 Å². The maximum Gasteiger partial charge on any atom is 0.244 e. The lowest BCUT2D eigenvalue weighted by atomic mass is 9.96. The highest BCUT2D eigenvalue weighted by Crippen LogP contribution is 2.29. The zero-order chi connectivity index (χ0) is 18.5. The van der Waals surface area contributed by atoms with Crippen LogP contribution in [0.25, 0.3) is 0 Å². The maximum absolute atomic E-state index is 14.0. The summed E-state index contributed by atoms with van der Waals surface area (Å²) < 4.78 is 14.0. The van der Waals surface area contributed by atoms with Gasteiger partial charge >= 0.3 is 0 Å². The summed E-state index contributed by atoms with van der Waals surface area (Å²) in [5.41, 5.74) is 0.375. The van der Waals surface area contributed by atoms with Crippen LogP contribution in [-0.2, 0) is 9.59 Å². The van der Waals surface area contributed by atoms with Gasteiger partial charge in [-0.25, -0.2) is 4.39 Å². The van der Waals surface area contributed by atoms with Crippen molar-refractivity contribution in [2.24, 2.45) is 5.92 Å². The Morgan fingerprint density at radius 2 is 2.08 bits per heavy atom. The van der Waals surface area contributed by atoms with E-state index in [1.165, 1.54) is 6.07 Å². The molecule has 0 spiro atoms. The molecule has 0 radical (unpaired) electrons. The van der Waals surface area contributed by atoms with Crippen LogP contribution >= 0.6 is 0 Å². The smallest absolute Gasteiger partial charge is 0.244 e. The van der Waals surface area contributed by atoms with Crippen LogP contribution in [0.1, 0.15) is 39.0 Å². The number of halogens is 1. The van der Waals surface area contributed by atoms with Crippen LogP contribution < -0.4 is 10.2 Å². The number of anilines is 1. The molecule has 1 N–H and O–H groups in total. The first-order valence-corrected chi connectivity index (χ1v) is 9.66. The molecule has 2 aliphatic heterocycles. The quantitative estimate of drug-likeness (QED) is 0.847. The van der Waals surface area contributed by atoms with Gasteiger partial charge in [0.05, 0.1) is 11.7 Å². The molecule has 26 heavy (non-hydrogen) atoms. The van der Waals surface area contributed by atoms with E-state index in [0.29, 0.717) is 31.1 Å². The summed E-state index contributed by atoms with van der Waals surface area (Å²) in [6, 6.07) is 6.28. The van der Waals surface area contributed by atoms with E-state index in [1.54, 1.807) is 23.1 Å². The molecular weight excluding hydrogens is 333 g/mol. The molecule has 2 aliphatic rings. The highest BCUT2D eigenvalue weighted by atomic mass is 19.1. The molecule has 142 valence electrons. The Kier molecular flexibility index (Phi) is 6.25. The van der Waals surface area contributed by atoms with Gasteiger partial charge in [0.2, 0.25) is 11.8 Å². The van der Waals surface area contributed by atoms with Gasteiger partial charge < -0.3 is 10.2 Å². The van der Waals surface area contributed by atoms with E-state index in [4.69, 9.17) is 0 Å². The summed E-state index contributed by atoms with van der Waals surface area (Å²) >= 11 is 0. The minimum absolute atomic E-state index is 0.00855. The van der Waals surface area contributed by atoms with Crippen molar-refractivity contribution in [1.29, 1.82) is 0 Å². The minimum Gasteiger partial charge on any atom is -0.356 e. The molecule has 0 bridgehead atoms. The summed E-state index contributed by atoms with van der Waals surface area (Å²) in [5.74, 6) is 0.120. The normalized spacial score (nSPS) is 24.1. The second-order valence-electron chi connectivity index (χ2n) is 7.30. The number of carbonyl (C=O) groups is 2. The lowest BCUT2D eigenvalue weighted by molar-refractivity contribution is -0.123. The van der Waals surface area contributed by atoms with Crippen LogP contribution in [0.4, 0.5) is 10.1 Å². The van der Waals surface area contributed by atoms with Crippen molar-refractivity contribution in [2.75, 3.05) is 31.1 Å². The first kappa shape index (κ1) is 18.8. The molecular formula is C20H28FN3O2. The van der Waals surface area contributed by atoms with Crippen LogP contribution in [0, 0.1) is 11.7 Å². The van der Waals surface area contributed by atoms with Gasteiger partial charge in [-0.1, -0.05) is 19.1 Å². The number of amides is 2. The fourth-order valence-corrected chi connectivity index (χ4v) is 4.03. The molecule has 2 amide bonds. The zero-order valence-electron chi connectivity index (χ0n) is 15.4. The highest BCUT2D eigenvalue weighted by molar-refractivity contribution is 5.99. The number of likely N-dealkylation sites (tertiary alicyclic amines) is 1. The van der Waals surface area contributed by atoms with Crippen molar-refractivity contribution in [3.63, 3.8) is 0 Å². The predicted octanol–water partition coefficient (Wildman–Crippen LogP) is 2.56. The zero-order valence-corrected chi connectivity index (χ0v) is 15.4. The molecule has 1 aromatic carbocycles. The number of hydrogen-bond donors (Lipinski definition) is 1. The first-order valence-electron chi connectivity index (χ1n) is 9.66. The van der Waals surface area contributed by atoms with E-state index >= 15 is 0 Å². The Morgan fingerprint density at radius 1 is 1.27 bits per heavy atom. The number of piperidine rings is 1. The molecule has 0 saturated carbocycles. The van der Waals surface area contributed by atoms with E-state index in [-0.39, 0.29) is 23.7 Å². The van der Waals surface area contributed by atoms with Crippen LogP contribution in [0.3, 0.4) is 0 Å². The first-order chi connectivity index (χ1) is 12.6. The number of para-hydroxylation sites is 1. The maximum atomic E-state index is 14.0. The lowest BCUT2D eigenvalue weighted by Crippen LogP contribution is -2.48. The molecule has 2 heterocycles. The highest BCUT2D eigenvalue weighted by Gasteiger charge is 2.39. The molecule has 3 rings (SSSR count). The van der Waals surface area contributed by atoms with Crippen LogP contribution in [0.5, 0.6) is 0 Å². The Bertz CT molecular complexity index is 652. The van der Waals surface area contributed by atoms with E-state index < -0.39 is 0 Å². The van der Waals surface area contributed by atoms with Crippen LogP contribution in [0.15, 0.2) is 24.3 Å². The Morgan fingerprint density at radius 3 is 2.85 bits per heavy atom. The summed E-state index contributed by atoms with van der Waals surface area (Å²) in [6.07, 6.45) is 4.24. The summed E-state index contributed by atoms with van der Waals surface area (Å²) in [4.78, 5) is 28.4. The van der Waals surface area contributed by atoms with Crippen LogP contribution in [-0.4, -0.2) is 48.9 Å². The molecule has 0 aliphatic carbocycles. The largest absolute Gasteiger partial charge is 0.356 e. The van der Waals surface area contributed by atoms with Crippen molar-refractivity contribution < 1.29 is 14.0 Å². The summed E-state index contributed by atoms with van der Waals surface area (Å²) in [5, 5.41) is 3.01. The van der Waals surface area contributed by atoms with Crippen molar-refractivity contribution in [3.8, 4) is 0 Å². The van der Waals surface area contributed by atoms with Gasteiger partial charge in [-0.3, -0.25) is 14.5 Å². The predicted molar refractivity (Wildman–Crippen MR) is 99.4 cm³/mol. The molecule has 6 heteroatoms. The van der Waals surface area contributed by atoms with Crippen molar-refractivity contribution in [2.45, 2.75) is 45.1 Å². The third kappa shape index (κ3) is 4.23. The molecule has 1 aromatic rings. The Hall–Kier alpha value is -1.95. The van der Waals surface area contributed by atoms with Crippen molar-refractivity contribution in [1.82, 2.24) is 10.2 Å². The molecule has 0 aromatic heterocycles. The number of rotatable bonds is 6. The number of nitrogens with one attached hydrogen (secondary N) is 1. The second-order valence-corrected chi connectivity index (χ2v) is 7.30. The number of nitrogens with zero attached hydrogens (tertiary/aromatic N) is 2. The van der Waals surface area contributed by atoms with Gasteiger partial charge in [-0.05, 0) is 50.3 Å². The third-order valence-electron chi connectivity index (χ3n) is 5.38. The Labute approximate surface area is 154 Å². The van der Waals surface area contributed by atoms with Gasteiger partial charge in [0, 0.05) is 26.1 Å². The van der Waals surface area contributed by atoms with Crippen molar-refractivity contribution >= 4 is 17.5 Å². The number of benzene rings is 1. The minimum atomic E-state index is -0.350. The SMILES string of the molecule is CCCC(=O)NCC1CCCN(C2CCN(c3ccccc3F)C2=O)C1. The van der Waals surface area contributed by atoms with Gasteiger partial charge in [0.25, 0.3) is 0 Å². The van der Waals surface area contributed by atoms with Gasteiger partial charge in [0.15, 0.2) is 0 Å².